The van der Waals surface area contributed by atoms with Crippen LogP contribution in [0.25, 0.3) is 0 Å². The van der Waals surface area contributed by atoms with E-state index in [2.05, 4.69) is 5.32 Å². The zero-order valence-corrected chi connectivity index (χ0v) is 11.7. The molecule has 2 aromatic rings. The molecule has 3 rings (SSSR count). The van der Waals surface area contributed by atoms with E-state index in [9.17, 15) is 14.9 Å². The average Bonchev–Trinajstić information content (AvgIpc) is 2.94. The molecule has 0 saturated heterocycles. The molecule has 0 bridgehead atoms. The molecule has 0 unspecified atom stereocenters. The van der Waals surface area contributed by atoms with E-state index in [0.717, 1.165) is 0 Å². The fourth-order valence-corrected chi connectivity index (χ4v) is 2.24. The van der Waals surface area contributed by atoms with Crippen molar-refractivity contribution < 1.29 is 19.2 Å². The van der Waals surface area contributed by atoms with Crippen molar-refractivity contribution >= 4 is 17.3 Å². The van der Waals surface area contributed by atoms with Gasteiger partial charge in [0.15, 0.2) is 11.5 Å². The monoisotopic (exact) mass is 300 g/mol. The minimum Gasteiger partial charge on any atom is -0.454 e. The maximum atomic E-state index is 12.3. The molecule has 112 valence electrons. The number of fused-ring (bicyclic) bond motifs is 1. The number of carbonyl (C=O) groups excluding carboxylic acids is 1. The zero-order chi connectivity index (χ0) is 15.7. The molecule has 0 saturated carbocycles. The van der Waals surface area contributed by atoms with E-state index in [1.54, 1.807) is 31.2 Å². The van der Waals surface area contributed by atoms with Gasteiger partial charge in [0.1, 0.15) is 0 Å². The lowest BCUT2D eigenvalue weighted by molar-refractivity contribution is -0.385. The second-order valence-electron chi connectivity index (χ2n) is 4.73. The fraction of sp³-hybridized carbons (Fsp3) is 0.133. The number of nitrogens with zero attached hydrogens (tertiary/aromatic N) is 1. The number of hydrogen-bond acceptors (Lipinski definition) is 5. The second kappa shape index (κ2) is 5.36. The summed E-state index contributed by atoms with van der Waals surface area (Å²) >= 11 is 0. The van der Waals surface area contributed by atoms with Gasteiger partial charge in [-0.2, -0.15) is 0 Å². The average molecular weight is 300 g/mol. The van der Waals surface area contributed by atoms with E-state index in [1.807, 2.05) is 0 Å². The van der Waals surface area contributed by atoms with Crippen LogP contribution in [-0.2, 0) is 0 Å². The summed E-state index contributed by atoms with van der Waals surface area (Å²) in [6.07, 6.45) is 0. The molecule has 7 nitrogen and oxygen atoms in total. The predicted molar refractivity (Wildman–Crippen MR) is 78.4 cm³/mol. The van der Waals surface area contributed by atoms with Gasteiger partial charge in [0.2, 0.25) is 6.79 Å². The molecule has 1 aliphatic heterocycles. The van der Waals surface area contributed by atoms with Crippen molar-refractivity contribution in [2.45, 2.75) is 6.92 Å². The van der Waals surface area contributed by atoms with Crippen molar-refractivity contribution in [3.63, 3.8) is 0 Å². The highest BCUT2D eigenvalue weighted by atomic mass is 16.7. The van der Waals surface area contributed by atoms with Gasteiger partial charge in [-0.1, -0.05) is 6.07 Å². The normalized spacial score (nSPS) is 12.0. The van der Waals surface area contributed by atoms with Crippen molar-refractivity contribution in [2.24, 2.45) is 0 Å². The first-order chi connectivity index (χ1) is 10.6. The van der Waals surface area contributed by atoms with Crippen molar-refractivity contribution in [2.75, 3.05) is 12.1 Å². The quantitative estimate of drug-likeness (QED) is 0.695. The number of nitrogens with one attached hydrogen (secondary N) is 1. The second-order valence-corrected chi connectivity index (χ2v) is 4.73. The van der Waals surface area contributed by atoms with Gasteiger partial charge in [-0.3, -0.25) is 14.9 Å². The minimum atomic E-state index is -0.507. The Morgan fingerprint density at radius 2 is 2.00 bits per heavy atom. The van der Waals surface area contributed by atoms with Gasteiger partial charge in [-0.25, -0.2) is 0 Å². The van der Waals surface area contributed by atoms with E-state index in [1.165, 1.54) is 12.1 Å². The molecule has 0 aliphatic carbocycles. The molecule has 0 aromatic heterocycles. The molecule has 1 amide bonds. The Bertz CT molecular complexity index is 773. The molecule has 0 spiro atoms. The highest BCUT2D eigenvalue weighted by Crippen LogP contribution is 2.34. The molecule has 0 fully saturated rings. The largest absolute Gasteiger partial charge is 0.454 e. The maximum Gasteiger partial charge on any atom is 0.273 e. The van der Waals surface area contributed by atoms with Crippen LogP contribution >= 0.6 is 0 Å². The van der Waals surface area contributed by atoms with Crippen LogP contribution in [0.2, 0.25) is 0 Å². The van der Waals surface area contributed by atoms with Gasteiger partial charge in [-0.05, 0) is 25.1 Å². The van der Waals surface area contributed by atoms with Gasteiger partial charge in [0.25, 0.3) is 11.6 Å². The topological polar surface area (TPSA) is 90.7 Å². The molecule has 1 aliphatic rings. The smallest absolute Gasteiger partial charge is 0.273 e. The molecule has 22 heavy (non-hydrogen) atoms. The lowest BCUT2D eigenvalue weighted by Crippen LogP contribution is -2.14. The van der Waals surface area contributed by atoms with Crippen LogP contribution in [0.5, 0.6) is 11.5 Å². The van der Waals surface area contributed by atoms with Crippen LogP contribution in [0.3, 0.4) is 0 Å². The summed E-state index contributed by atoms with van der Waals surface area (Å²) in [5, 5.41) is 13.6. The van der Waals surface area contributed by atoms with Gasteiger partial charge < -0.3 is 14.8 Å². The molecule has 1 N–H and O–H groups in total. The SMILES string of the molecule is Cc1c(C(=O)Nc2ccc3c(c2)OCO3)cccc1[N+](=O)[O-]. The summed E-state index contributed by atoms with van der Waals surface area (Å²) in [6, 6.07) is 9.42. The molecule has 2 aromatic carbocycles. The summed E-state index contributed by atoms with van der Waals surface area (Å²) in [7, 11) is 0. The van der Waals surface area contributed by atoms with Crippen LogP contribution in [0.15, 0.2) is 36.4 Å². The standard InChI is InChI=1S/C15H12N2O5/c1-9-11(3-2-4-12(9)17(19)20)15(18)16-10-5-6-13-14(7-10)22-8-21-13/h2-7H,8H2,1H3,(H,16,18). The van der Waals surface area contributed by atoms with Gasteiger partial charge >= 0.3 is 0 Å². The Morgan fingerprint density at radius 1 is 1.23 bits per heavy atom. The Balaban J connectivity index is 1.86. The van der Waals surface area contributed by atoms with Crippen molar-refractivity contribution in [3.8, 4) is 11.5 Å². The predicted octanol–water partition coefficient (Wildman–Crippen LogP) is 2.88. The minimum absolute atomic E-state index is 0.0849. The number of hydrogen-bond donors (Lipinski definition) is 1. The summed E-state index contributed by atoms with van der Waals surface area (Å²) in [6.45, 7) is 1.70. The Morgan fingerprint density at radius 3 is 2.77 bits per heavy atom. The lowest BCUT2D eigenvalue weighted by atomic mass is 10.1. The first-order valence-corrected chi connectivity index (χ1v) is 6.51. The van der Waals surface area contributed by atoms with Gasteiger partial charge in [0, 0.05) is 28.9 Å². The van der Waals surface area contributed by atoms with Gasteiger partial charge in [0.05, 0.1) is 4.92 Å². The summed E-state index contributed by atoms with van der Waals surface area (Å²) in [5.41, 5.74) is 1.02. The molecule has 7 heteroatoms. The van der Waals surface area contributed by atoms with Crippen molar-refractivity contribution in [1.29, 1.82) is 0 Å². The summed E-state index contributed by atoms with van der Waals surface area (Å²) in [5.74, 6) is 0.748. The number of nitro groups is 1. The Kier molecular flexibility index (Phi) is 3.38. The number of amides is 1. The van der Waals surface area contributed by atoms with Crippen LogP contribution in [0.4, 0.5) is 11.4 Å². The summed E-state index contributed by atoms with van der Waals surface area (Å²) in [4.78, 5) is 22.7. The van der Waals surface area contributed by atoms with E-state index in [4.69, 9.17) is 9.47 Å². The highest BCUT2D eigenvalue weighted by molar-refractivity contribution is 6.06. The van der Waals surface area contributed by atoms with E-state index < -0.39 is 10.8 Å². The van der Waals surface area contributed by atoms with Gasteiger partial charge in [-0.15, -0.1) is 0 Å². The number of ether oxygens (including phenoxy) is 2. The number of anilines is 1. The third-order valence-corrected chi connectivity index (χ3v) is 3.38. The van der Waals surface area contributed by atoms with Crippen LogP contribution < -0.4 is 14.8 Å². The third-order valence-electron chi connectivity index (χ3n) is 3.38. The number of benzene rings is 2. The molecule has 1 heterocycles. The Labute approximate surface area is 125 Å². The fourth-order valence-electron chi connectivity index (χ4n) is 2.24. The van der Waals surface area contributed by atoms with E-state index >= 15 is 0 Å². The highest BCUT2D eigenvalue weighted by Gasteiger charge is 2.19. The zero-order valence-electron chi connectivity index (χ0n) is 11.7. The van der Waals surface area contributed by atoms with E-state index in [0.29, 0.717) is 22.7 Å². The third kappa shape index (κ3) is 2.44. The molecular weight excluding hydrogens is 288 g/mol. The number of nitro benzene ring substituents is 1. The lowest BCUT2D eigenvalue weighted by Gasteiger charge is -2.08. The molecule has 0 radical (unpaired) electrons. The molecular formula is C15H12N2O5. The van der Waals surface area contributed by atoms with Crippen LogP contribution in [-0.4, -0.2) is 17.6 Å². The summed E-state index contributed by atoms with van der Waals surface area (Å²) < 4.78 is 10.4. The van der Waals surface area contributed by atoms with Crippen LogP contribution in [0.1, 0.15) is 15.9 Å². The number of rotatable bonds is 3. The van der Waals surface area contributed by atoms with Crippen molar-refractivity contribution in [1.82, 2.24) is 0 Å². The molecule has 0 atom stereocenters. The number of carbonyl (C=O) groups is 1. The van der Waals surface area contributed by atoms with E-state index in [-0.39, 0.29) is 18.0 Å². The first-order valence-electron chi connectivity index (χ1n) is 6.51. The van der Waals surface area contributed by atoms with Crippen LogP contribution in [0, 0.1) is 17.0 Å². The first kappa shape index (κ1) is 13.9. The maximum absolute atomic E-state index is 12.3. The van der Waals surface area contributed by atoms with Crippen molar-refractivity contribution in [3.05, 3.63) is 57.6 Å². The Hall–Kier alpha value is -3.09.